The van der Waals surface area contributed by atoms with Gasteiger partial charge in [-0.25, -0.2) is 9.98 Å². The van der Waals surface area contributed by atoms with E-state index in [1.165, 1.54) is 0 Å². The number of fused-ring (bicyclic) bond motifs is 1. The number of anilines is 1. The van der Waals surface area contributed by atoms with Gasteiger partial charge in [0, 0.05) is 36.6 Å². The lowest BCUT2D eigenvalue weighted by Gasteiger charge is -2.30. The highest BCUT2D eigenvalue weighted by Gasteiger charge is 2.26. The minimum absolute atomic E-state index is 0.0885. The van der Waals surface area contributed by atoms with Crippen LogP contribution in [0.3, 0.4) is 0 Å². The van der Waals surface area contributed by atoms with Crippen LogP contribution in [-0.2, 0) is 4.79 Å². The first-order chi connectivity index (χ1) is 12.1. The van der Waals surface area contributed by atoms with E-state index in [1.54, 1.807) is 18.5 Å². The summed E-state index contributed by atoms with van der Waals surface area (Å²) in [5.74, 6) is 0.621. The molecule has 2 aliphatic rings. The van der Waals surface area contributed by atoms with E-state index in [4.69, 9.17) is 5.73 Å². The van der Waals surface area contributed by atoms with Gasteiger partial charge in [0.15, 0.2) is 5.82 Å². The van der Waals surface area contributed by atoms with Crippen LogP contribution in [0.25, 0.3) is 11.6 Å². The first-order valence-electron chi connectivity index (χ1n) is 8.16. The largest absolute Gasteiger partial charge is 0.492 e. The highest BCUT2D eigenvalue weighted by molar-refractivity contribution is 6.20. The summed E-state index contributed by atoms with van der Waals surface area (Å²) in [6.45, 7) is 1.27. The van der Waals surface area contributed by atoms with Crippen LogP contribution in [0.4, 0.5) is 11.8 Å². The number of nitrogens with one attached hydrogen (secondary N) is 1. The summed E-state index contributed by atoms with van der Waals surface area (Å²) >= 11 is 0. The molecule has 4 heterocycles. The fraction of sp³-hybridized carbons (Fsp3) is 0.294. The van der Waals surface area contributed by atoms with Crippen molar-refractivity contribution in [2.24, 2.45) is 16.6 Å². The molecule has 128 valence electrons. The molecule has 0 aliphatic carbocycles. The van der Waals surface area contributed by atoms with Crippen molar-refractivity contribution >= 4 is 35.5 Å². The first-order valence-corrected chi connectivity index (χ1v) is 8.16. The van der Waals surface area contributed by atoms with Gasteiger partial charge in [-0.05, 0) is 31.1 Å². The van der Waals surface area contributed by atoms with Gasteiger partial charge in [-0.15, -0.1) is 0 Å². The molecule has 1 atom stereocenters. The van der Waals surface area contributed by atoms with E-state index >= 15 is 0 Å². The molecule has 2 aromatic rings. The molecule has 1 saturated heterocycles. The van der Waals surface area contributed by atoms with Crippen LogP contribution < -0.4 is 10.6 Å². The number of nitrogens with two attached hydrogens (primary N) is 1. The number of aromatic amines is 1. The first kappa shape index (κ1) is 15.4. The van der Waals surface area contributed by atoms with Crippen molar-refractivity contribution in [3.63, 3.8) is 0 Å². The number of allylic oxidation sites excluding steroid dienone is 1. The molecule has 1 fully saturated rings. The number of piperidine rings is 1. The van der Waals surface area contributed by atoms with Gasteiger partial charge in [-0.3, -0.25) is 4.79 Å². The van der Waals surface area contributed by atoms with E-state index in [0.29, 0.717) is 24.0 Å². The molecule has 4 rings (SSSR count). The minimum atomic E-state index is -0.297. The van der Waals surface area contributed by atoms with E-state index in [-0.39, 0.29) is 17.7 Å². The number of aromatic nitrogens is 3. The molecule has 8 heteroatoms. The maximum Gasteiger partial charge on any atom is 0.238 e. The molecule has 25 heavy (non-hydrogen) atoms. The second-order valence-electron chi connectivity index (χ2n) is 6.22. The normalized spacial score (nSPS) is 20.9. The van der Waals surface area contributed by atoms with Crippen molar-refractivity contribution in [3.05, 3.63) is 29.6 Å². The van der Waals surface area contributed by atoms with Crippen LogP contribution in [0.2, 0.25) is 0 Å². The Labute approximate surface area is 144 Å². The Balaban J connectivity index is 1.60. The summed E-state index contributed by atoms with van der Waals surface area (Å²) in [5.41, 5.74) is 7.67. The zero-order valence-electron chi connectivity index (χ0n) is 13.5. The van der Waals surface area contributed by atoms with E-state index < -0.39 is 0 Å². The molecule has 0 bridgehead atoms. The van der Waals surface area contributed by atoms with Gasteiger partial charge in [-0.2, -0.15) is 4.98 Å². The molecule has 1 unspecified atom stereocenters. The predicted molar refractivity (Wildman–Crippen MR) is 94.6 cm³/mol. The minimum Gasteiger partial charge on any atom is -0.492 e. The fourth-order valence-corrected chi connectivity index (χ4v) is 3.21. The average molecular weight is 338 g/mol. The number of primary amides is 1. The molecule has 2 aliphatic heterocycles. The van der Waals surface area contributed by atoms with Gasteiger partial charge < -0.3 is 20.7 Å². The van der Waals surface area contributed by atoms with Crippen molar-refractivity contribution in [3.8, 4) is 5.88 Å². The van der Waals surface area contributed by atoms with Crippen LogP contribution in [0.5, 0.6) is 5.88 Å². The zero-order valence-corrected chi connectivity index (χ0v) is 13.5. The van der Waals surface area contributed by atoms with E-state index in [9.17, 15) is 9.90 Å². The summed E-state index contributed by atoms with van der Waals surface area (Å²) in [4.78, 5) is 29.1. The number of aliphatic imine (C=N–C) groups is 1. The number of nitrogens with zero attached hydrogens (tertiary/aromatic N) is 4. The number of aromatic hydroxyl groups is 1. The standard InChI is InChI=1S/C17H18N6O2/c18-14(24)10-3-2-6-23(9-10)17-21-13(16(25)22-17)7-11-8-20-15-12(11)4-1-5-19-15/h1,4-5,7-8,10,25H,2-3,6,9H2,(H2,18,24)(H,21,22). The quantitative estimate of drug-likeness (QED) is 0.782. The van der Waals surface area contributed by atoms with Gasteiger partial charge in [0.05, 0.1) is 5.92 Å². The summed E-state index contributed by atoms with van der Waals surface area (Å²) in [6.07, 6.45) is 6.84. The predicted octanol–water partition coefficient (Wildman–Crippen LogP) is 1.47. The summed E-state index contributed by atoms with van der Waals surface area (Å²) in [5, 5.41) is 10.2. The average Bonchev–Trinajstić information content (AvgIpc) is 3.20. The van der Waals surface area contributed by atoms with Gasteiger partial charge in [-0.1, -0.05) is 0 Å². The van der Waals surface area contributed by atoms with Crippen molar-refractivity contribution in [2.75, 3.05) is 18.0 Å². The van der Waals surface area contributed by atoms with Gasteiger partial charge in [0.25, 0.3) is 0 Å². The Hall–Kier alpha value is -3.16. The monoisotopic (exact) mass is 338 g/mol. The van der Waals surface area contributed by atoms with Crippen molar-refractivity contribution in [1.82, 2.24) is 15.0 Å². The highest BCUT2D eigenvalue weighted by atomic mass is 16.3. The van der Waals surface area contributed by atoms with Crippen LogP contribution in [0.15, 0.2) is 23.3 Å². The second kappa shape index (κ2) is 6.04. The Morgan fingerprint density at radius 3 is 3.20 bits per heavy atom. The van der Waals surface area contributed by atoms with E-state index in [0.717, 1.165) is 30.5 Å². The maximum atomic E-state index is 11.4. The third-order valence-electron chi connectivity index (χ3n) is 4.55. The Morgan fingerprint density at radius 2 is 2.36 bits per heavy atom. The number of pyridine rings is 1. The third kappa shape index (κ3) is 2.86. The van der Waals surface area contributed by atoms with Crippen LogP contribution in [0.1, 0.15) is 24.1 Å². The Bertz CT molecular complexity index is 885. The second-order valence-corrected chi connectivity index (χ2v) is 6.22. The molecular formula is C17H18N6O2. The van der Waals surface area contributed by atoms with Crippen molar-refractivity contribution < 1.29 is 9.90 Å². The smallest absolute Gasteiger partial charge is 0.238 e. The number of carbonyl (C=O) groups excluding carboxylic acids is 1. The summed E-state index contributed by atoms with van der Waals surface area (Å²) < 4.78 is 0. The Kier molecular flexibility index (Phi) is 3.72. The number of carbonyl (C=O) groups is 1. The molecule has 4 N–H and O–H groups in total. The molecule has 2 aromatic heterocycles. The topological polar surface area (TPSA) is 120 Å². The highest BCUT2D eigenvalue weighted by Crippen LogP contribution is 2.32. The number of rotatable bonds is 3. The number of amides is 1. The molecular weight excluding hydrogens is 320 g/mol. The lowest BCUT2D eigenvalue weighted by molar-refractivity contribution is -0.122. The number of imidazole rings is 1. The van der Waals surface area contributed by atoms with Crippen molar-refractivity contribution in [1.29, 1.82) is 0 Å². The van der Waals surface area contributed by atoms with Gasteiger partial charge in [0.2, 0.25) is 17.7 Å². The summed E-state index contributed by atoms with van der Waals surface area (Å²) in [7, 11) is 0. The van der Waals surface area contributed by atoms with E-state index in [2.05, 4.69) is 19.9 Å². The fourth-order valence-electron chi connectivity index (χ4n) is 3.21. The molecule has 0 radical (unpaired) electrons. The lowest BCUT2D eigenvalue weighted by atomic mass is 9.98. The number of hydrogen-bond acceptors (Lipinski definition) is 6. The summed E-state index contributed by atoms with van der Waals surface area (Å²) in [6, 6.07) is 3.77. The molecule has 0 saturated carbocycles. The maximum absolute atomic E-state index is 11.4. The molecule has 8 nitrogen and oxygen atoms in total. The van der Waals surface area contributed by atoms with Gasteiger partial charge in [0.1, 0.15) is 5.69 Å². The van der Waals surface area contributed by atoms with Crippen LogP contribution in [0, 0.1) is 5.92 Å². The molecule has 1 amide bonds. The van der Waals surface area contributed by atoms with Gasteiger partial charge >= 0.3 is 0 Å². The zero-order chi connectivity index (χ0) is 17.4. The number of hydrogen-bond donors (Lipinski definition) is 3. The Morgan fingerprint density at radius 1 is 1.48 bits per heavy atom. The molecule has 0 aromatic carbocycles. The lowest BCUT2D eigenvalue weighted by Crippen LogP contribution is -2.41. The SMILES string of the molecule is NC(=O)C1CCCN(c2nc(O)c(C=C3C=Nc4ncccc43)[nH]2)C1. The molecule has 0 spiro atoms. The van der Waals surface area contributed by atoms with Crippen molar-refractivity contribution in [2.45, 2.75) is 12.8 Å². The third-order valence-corrected chi connectivity index (χ3v) is 4.55. The number of H-pyrrole nitrogens is 1. The van der Waals surface area contributed by atoms with Crippen LogP contribution >= 0.6 is 0 Å². The van der Waals surface area contributed by atoms with E-state index in [1.807, 2.05) is 17.0 Å². The van der Waals surface area contributed by atoms with Crippen LogP contribution in [-0.4, -0.2) is 45.3 Å².